The smallest absolute Gasteiger partial charge is 0.398 e. The first kappa shape index (κ1) is 22.1. The number of nitrogens with zero attached hydrogens (tertiary/aromatic N) is 1. The summed E-state index contributed by atoms with van der Waals surface area (Å²) in [6.07, 6.45) is -5.43. The van der Waals surface area contributed by atoms with Crippen LogP contribution in [0.15, 0.2) is 41.6 Å². The molecule has 1 saturated heterocycles. The van der Waals surface area contributed by atoms with Crippen molar-refractivity contribution in [2.24, 2.45) is 5.16 Å². The molecule has 0 radical (unpaired) electrons. The number of nitrogens with one attached hydrogen (secondary N) is 1. The van der Waals surface area contributed by atoms with Crippen molar-refractivity contribution >= 4 is 52.3 Å². The average molecular weight is 490 g/mol. The molecule has 2 aliphatic rings. The lowest BCUT2D eigenvalue weighted by atomic mass is 9.86. The summed E-state index contributed by atoms with van der Waals surface area (Å²) < 4.78 is 42.3. The quantitative estimate of drug-likeness (QED) is 0.592. The molecule has 1 atom stereocenters. The standard InChI is InChI=1S/C20H16Cl2F3N3O2S/c21-12-4-11(5-13(22)6-12)19(20(23,24)25)7-17(28-30-19)15-2-1-10(3-16(15)26)18(29)27-14-8-31-9-14/h1-6,14H,7-9,26H2,(H,27,29). The Bertz CT molecular complexity index is 1060. The number of anilines is 1. The number of thioether (sulfide) groups is 1. The molecular weight excluding hydrogens is 474 g/mol. The summed E-state index contributed by atoms with van der Waals surface area (Å²) in [5, 5.41) is 6.65. The van der Waals surface area contributed by atoms with Crippen molar-refractivity contribution in [1.29, 1.82) is 0 Å². The van der Waals surface area contributed by atoms with Crippen LogP contribution in [0.2, 0.25) is 10.0 Å². The first-order valence-corrected chi connectivity index (χ1v) is 11.1. The molecule has 0 spiro atoms. The Balaban J connectivity index is 1.62. The fourth-order valence-electron chi connectivity index (χ4n) is 3.39. The summed E-state index contributed by atoms with van der Waals surface area (Å²) in [6.45, 7) is 0. The van der Waals surface area contributed by atoms with Crippen LogP contribution in [0, 0.1) is 0 Å². The normalized spacial score (nSPS) is 21.3. The second-order valence-corrected chi connectivity index (χ2v) is 9.25. The van der Waals surface area contributed by atoms with Crippen LogP contribution in [0.25, 0.3) is 0 Å². The minimum Gasteiger partial charge on any atom is -0.398 e. The highest BCUT2D eigenvalue weighted by molar-refractivity contribution is 8.00. The molecule has 0 saturated carbocycles. The number of hydrogen-bond acceptors (Lipinski definition) is 5. The summed E-state index contributed by atoms with van der Waals surface area (Å²) >= 11 is 13.6. The summed E-state index contributed by atoms with van der Waals surface area (Å²) in [6, 6.07) is 8.13. The van der Waals surface area contributed by atoms with Gasteiger partial charge in [-0.3, -0.25) is 4.79 Å². The fourth-order valence-corrected chi connectivity index (χ4v) is 4.55. The number of alkyl halides is 3. The lowest BCUT2D eigenvalue weighted by Crippen LogP contribution is -2.43. The Labute approximate surface area is 190 Å². The Morgan fingerprint density at radius 1 is 1.19 bits per heavy atom. The van der Waals surface area contributed by atoms with Gasteiger partial charge in [0.05, 0.1) is 12.1 Å². The van der Waals surface area contributed by atoms with E-state index in [0.29, 0.717) is 5.56 Å². The van der Waals surface area contributed by atoms with Crippen LogP contribution in [0.4, 0.5) is 18.9 Å². The average Bonchev–Trinajstić information content (AvgIpc) is 3.10. The van der Waals surface area contributed by atoms with Gasteiger partial charge in [-0.2, -0.15) is 24.9 Å². The van der Waals surface area contributed by atoms with Crippen LogP contribution in [0.3, 0.4) is 0 Å². The van der Waals surface area contributed by atoms with Crippen molar-refractivity contribution in [2.75, 3.05) is 17.2 Å². The highest BCUT2D eigenvalue weighted by atomic mass is 35.5. The largest absolute Gasteiger partial charge is 0.435 e. The third-order valence-electron chi connectivity index (χ3n) is 5.11. The zero-order valence-electron chi connectivity index (χ0n) is 15.8. The first-order valence-electron chi connectivity index (χ1n) is 9.16. The van der Waals surface area contributed by atoms with Gasteiger partial charge in [0.15, 0.2) is 0 Å². The molecule has 1 fully saturated rings. The predicted molar refractivity (Wildman–Crippen MR) is 116 cm³/mol. The molecule has 2 heterocycles. The number of carbonyl (C=O) groups excluding carboxylic acids is 1. The second kappa shape index (κ2) is 8.11. The Hall–Kier alpha value is -2.10. The predicted octanol–water partition coefficient (Wildman–Crippen LogP) is 5.00. The number of benzene rings is 2. The molecule has 2 aliphatic heterocycles. The van der Waals surface area contributed by atoms with Crippen molar-refractivity contribution in [3.63, 3.8) is 0 Å². The van der Waals surface area contributed by atoms with Crippen LogP contribution in [0.5, 0.6) is 0 Å². The Kier molecular flexibility index (Phi) is 5.78. The van der Waals surface area contributed by atoms with E-state index in [4.69, 9.17) is 33.8 Å². The van der Waals surface area contributed by atoms with Crippen LogP contribution in [-0.2, 0) is 10.4 Å². The summed E-state index contributed by atoms with van der Waals surface area (Å²) in [7, 11) is 0. The van der Waals surface area contributed by atoms with Gasteiger partial charge in [0, 0.05) is 50.0 Å². The summed E-state index contributed by atoms with van der Waals surface area (Å²) in [5.41, 5.74) is 3.76. The topological polar surface area (TPSA) is 76.7 Å². The van der Waals surface area contributed by atoms with Crippen molar-refractivity contribution in [2.45, 2.75) is 24.2 Å². The minimum atomic E-state index is -4.80. The molecule has 4 rings (SSSR count). The number of rotatable bonds is 4. The van der Waals surface area contributed by atoms with E-state index in [1.165, 1.54) is 24.3 Å². The molecule has 2 aromatic carbocycles. The maximum absolute atomic E-state index is 14.1. The molecule has 31 heavy (non-hydrogen) atoms. The molecule has 2 aromatic rings. The van der Waals surface area contributed by atoms with E-state index in [1.807, 2.05) is 0 Å². The highest BCUT2D eigenvalue weighted by Gasteiger charge is 2.62. The molecular formula is C20H16Cl2F3N3O2S. The molecule has 0 bridgehead atoms. The van der Waals surface area contributed by atoms with E-state index in [1.54, 1.807) is 11.8 Å². The van der Waals surface area contributed by atoms with Gasteiger partial charge in [0.25, 0.3) is 11.5 Å². The molecule has 5 nitrogen and oxygen atoms in total. The van der Waals surface area contributed by atoms with E-state index >= 15 is 0 Å². The molecule has 164 valence electrons. The van der Waals surface area contributed by atoms with Gasteiger partial charge in [-0.05, 0) is 30.3 Å². The highest BCUT2D eigenvalue weighted by Crippen LogP contribution is 2.50. The molecule has 1 amide bonds. The summed E-state index contributed by atoms with van der Waals surface area (Å²) in [4.78, 5) is 17.3. The number of halogens is 5. The number of oxime groups is 1. The number of nitrogens with two attached hydrogens (primary N) is 1. The van der Waals surface area contributed by atoms with Crippen molar-refractivity contribution in [3.05, 3.63) is 63.1 Å². The van der Waals surface area contributed by atoms with Gasteiger partial charge in [0.1, 0.15) is 0 Å². The van der Waals surface area contributed by atoms with Crippen LogP contribution < -0.4 is 11.1 Å². The van der Waals surface area contributed by atoms with E-state index < -0.39 is 18.2 Å². The van der Waals surface area contributed by atoms with Crippen LogP contribution >= 0.6 is 35.0 Å². The van der Waals surface area contributed by atoms with Crippen molar-refractivity contribution in [1.82, 2.24) is 5.32 Å². The first-order chi connectivity index (χ1) is 14.6. The number of amides is 1. The van der Waals surface area contributed by atoms with Gasteiger partial charge in [-0.25, -0.2) is 0 Å². The van der Waals surface area contributed by atoms with Crippen molar-refractivity contribution in [3.8, 4) is 0 Å². The van der Waals surface area contributed by atoms with Crippen LogP contribution in [0.1, 0.15) is 27.9 Å². The van der Waals surface area contributed by atoms with Gasteiger partial charge in [-0.1, -0.05) is 34.4 Å². The van der Waals surface area contributed by atoms with E-state index in [2.05, 4.69) is 10.5 Å². The number of carbonyl (C=O) groups is 1. The molecule has 0 aromatic heterocycles. The van der Waals surface area contributed by atoms with E-state index in [-0.39, 0.29) is 44.5 Å². The maximum Gasteiger partial charge on any atom is 0.435 e. The Morgan fingerprint density at radius 3 is 2.42 bits per heavy atom. The van der Waals surface area contributed by atoms with Gasteiger partial charge in [0.2, 0.25) is 0 Å². The van der Waals surface area contributed by atoms with Gasteiger partial charge < -0.3 is 15.9 Å². The van der Waals surface area contributed by atoms with Gasteiger partial charge in [-0.15, -0.1) is 0 Å². The zero-order valence-corrected chi connectivity index (χ0v) is 18.1. The molecule has 0 aliphatic carbocycles. The monoisotopic (exact) mass is 489 g/mol. The van der Waals surface area contributed by atoms with Gasteiger partial charge >= 0.3 is 6.18 Å². The van der Waals surface area contributed by atoms with E-state index in [9.17, 15) is 18.0 Å². The second-order valence-electron chi connectivity index (χ2n) is 7.30. The number of nitrogen functional groups attached to an aromatic ring is 1. The van der Waals surface area contributed by atoms with Crippen molar-refractivity contribution < 1.29 is 22.8 Å². The third-order valence-corrected chi connectivity index (χ3v) is 6.83. The number of hydrogen-bond donors (Lipinski definition) is 2. The Morgan fingerprint density at radius 2 is 1.87 bits per heavy atom. The maximum atomic E-state index is 14.1. The lowest BCUT2D eigenvalue weighted by Gasteiger charge is -2.29. The molecule has 3 N–H and O–H groups in total. The summed E-state index contributed by atoms with van der Waals surface area (Å²) in [5.74, 6) is 1.41. The molecule has 11 heteroatoms. The zero-order chi connectivity index (χ0) is 22.4. The third kappa shape index (κ3) is 4.18. The van der Waals surface area contributed by atoms with Crippen LogP contribution in [-0.4, -0.2) is 35.3 Å². The lowest BCUT2D eigenvalue weighted by molar-refractivity contribution is -0.275. The molecule has 1 unspecified atom stereocenters. The fraction of sp³-hybridized carbons (Fsp3) is 0.300. The minimum absolute atomic E-state index is 0.00766. The van der Waals surface area contributed by atoms with E-state index in [0.717, 1.165) is 23.6 Å². The SMILES string of the molecule is Nc1cc(C(=O)NC2CSC2)ccc1C1=NOC(c2cc(Cl)cc(Cl)c2)(C(F)(F)F)C1.